The van der Waals surface area contributed by atoms with E-state index in [1.165, 1.54) is 26.4 Å². The Morgan fingerprint density at radius 2 is 1.94 bits per heavy atom. The van der Waals surface area contributed by atoms with Gasteiger partial charge in [0, 0.05) is 0 Å². The molecule has 2 bridgehead atoms. The van der Waals surface area contributed by atoms with E-state index in [4.69, 9.17) is 4.74 Å². The number of carbonyl (C=O) groups is 1. The zero-order valence-electron chi connectivity index (χ0n) is 11.2. The van der Waals surface area contributed by atoms with Crippen molar-refractivity contribution in [3.8, 4) is 0 Å². The molecule has 0 N–H and O–H groups in total. The second kappa shape index (κ2) is 3.48. The minimum absolute atomic E-state index is 0.0409. The van der Waals surface area contributed by atoms with Crippen molar-refractivity contribution < 1.29 is 9.53 Å². The van der Waals surface area contributed by atoms with Gasteiger partial charge in [-0.1, -0.05) is 13.8 Å². The van der Waals surface area contributed by atoms with Crippen molar-refractivity contribution >= 4 is 5.97 Å². The van der Waals surface area contributed by atoms with Crippen LogP contribution in [0, 0.1) is 28.6 Å². The molecule has 2 saturated carbocycles. The van der Waals surface area contributed by atoms with Crippen LogP contribution in [0.1, 0.15) is 47.0 Å². The zero-order valence-corrected chi connectivity index (χ0v) is 11.2. The molecule has 0 aromatic rings. The van der Waals surface area contributed by atoms with E-state index in [1.807, 2.05) is 0 Å². The molecule has 0 heterocycles. The largest absolute Gasteiger partial charge is 0.469 e. The van der Waals surface area contributed by atoms with Crippen LogP contribution in [0.5, 0.6) is 0 Å². The zero-order chi connectivity index (χ0) is 12.1. The van der Waals surface area contributed by atoms with E-state index in [0.29, 0.717) is 17.3 Å². The number of carbonyl (C=O) groups excluding carboxylic acids is 1. The Kier molecular flexibility index (Phi) is 2.60. The van der Waals surface area contributed by atoms with Crippen molar-refractivity contribution in [1.82, 2.24) is 0 Å². The summed E-state index contributed by atoms with van der Waals surface area (Å²) in [6.07, 6.45) is 3.86. The molecule has 0 aliphatic heterocycles. The Hall–Kier alpha value is -0.530. The molecule has 0 aromatic carbocycles. The van der Waals surface area contributed by atoms with E-state index < -0.39 is 0 Å². The second-order valence-corrected chi connectivity index (χ2v) is 6.76. The number of hydrogen-bond donors (Lipinski definition) is 0. The van der Waals surface area contributed by atoms with E-state index in [0.717, 1.165) is 5.92 Å². The van der Waals surface area contributed by atoms with Crippen LogP contribution in [0.2, 0.25) is 0 Å². The van der Waals surface area contributed by atoms with Crippen molar-refractivity contribution in [3.05, 3.63) is 0 Å². The highest BCUT2D eigenvalue weighted by Gasteiger charge is 2.58. The van der Waals surface area contributed by atoms with E-state index in [2.05, 4.69) is 27.7 Å². The predicted molar refractivity (Wildman–Crippen MR) is 63.9 cm³/mol. The summed E-state index contributed by atoms with van der Waals surface area (Å²) in [6.45, 7) is 8.87. The molecule has 0 saturated heterocycles. The van der Waals surface area contributed by atoms with Gasteiger partial charge in [-0.3, -0.25) is 4.79 Å². The smallest absolute Gasteiger partial charge is 0.311 e. The molecule has 2 heteroatoms. The average molecular weight is 224 g/mol. The number of hydrogen-bond acceptors (Lipinski definition) is 2. The SMILES string of the molecule is COC(=O)C(C)(C)[C@H]1CC2CC[C@@H]1C2(C)C. The first-order valence-electron chi connectivity index (χ1n) is 6.40. The minimum Gasteiger partial charge on any atom is -0.469 e. The molecule has 1 unspecified atom stereocenters. The van der Waals surface area contributed by atoms with Gasteiger partial charge in [0.05, 0.1) is 12.5 Å². The van der Waals surface area contributed by atoms with E-state index in [-0.39, 0.29) is 11.4 Å². The summed E-state index contributed by atoms with van der Waals surface area (Å²) >= 11 is 0. The van der Waals surface area contributed by atoms with E-state index in [9.17, 15) is 4.79 Å². The summed E-state index contributed by atoms with van der Waals surface area (Å²) in [6, 6.07) is 0. The van der Waals surface area contributed by atoms with Gasteiger partial charge < -0.3 is 4.74 Å². The molecule has 2 aliphatic rings. The lowest BCUT2D eigenvalue weighted by molar-refractivity contribution is -0.155. The number of fused-ring (bicyclic) bond motifs is 2. The first-order valence-corrected chi connectivity index (χ1v) is 6.40. The maximum atomic E-state index is 11.9. The lowest BCUT2D eigenvalue weighted by atomic mass is 9.68. The number of esters is 1. The summed E-state index contributed by atoms with van der Waals surface area (Å²) in [4.78, 5) is 11.9. The van der Waals surface area contributed by atoms with E-state index >= 15 is 0 Å². The first kappa shape index (κ1) is 11.9. The van der Waals surface area contributed by atoms with Crippen LogP contribution in [-0.2, 0) is 9.53 Å². The molecule has 16 heavy (non-hydrogen) atoms. The van der Waals surface area contributed by atoms with Gasteiger partial charge in [-0.15, -0.1) is 0 Å². The summed E-state index contributed by atoms with van der Waals surface area (Å²) in [5.74, 6) is 1.98. The third-order valence-electron chi connectivity index (χ3n) is 5.50. The van der Waals surface area contributed by atoms with Gasteiger partial charge in [0.25, 0.3) is 0 Å². The Morgan fingerprint density at radius 3 is 2.31 bits per heavy atom. The molecule has 2 fully saturated rings. The average Bonchev–Trinajstić information content (AvgIpc) is 2.66. The van der Waals surface area contributed by atoms with Crippen molar-refractivity contribution in [2.75, 3.05) is 7.11 Å². The predicted octanol–water partition coefficient (Wildman–Crippen LogP) is 3.26. The standard InChI is InChI=1S/C14H24O2/c1-13(2)9-6-7-10(13)11(8-9)14(3,4)12(15)16-5/h9-11H,6-8H2,1-5H3/t9?,10-,11-/m0/s1. The van der Waals surface area contributed by atoms with Gasteiger partial charge in [0.1, 0.15) is 0 Å². The van der Waals surface area contributed by atoms with Crippen molar-refractivity contribution in [3.63, 3.8) is 0 Å². The van der Waals surface area contributed by atoms with Crippen LogP contribution in [0.15, 0.2) is 0 Å². The quantitative estimate of drug-likeness (QED) is 0.673. The second-order valence-electron chi connectivity index (χ2n) is 6.76. The highest BCUT2D eigenvalue weighted by molar-refractivity contribution is 5.76. The molecule has 2 nitrogen and oxygen atoms in total. The molecule has 2 rings (SSSR count). The maximum absolute atomic E-state index is 11.9. The molecule has 2 aliphatic carbocycles. The van der Waals surface area contributed by atoms with Crippen LogP contribution in [0.4, 0.5) is 0 Å². The fourth-order valence-electron chi connectivity index (χ4n) is 4.25. The molecule has 0 amide bonds. The van der Waals surface area contributed by atoms with Crippen LogP contribution >= 0.6 is 0 Å². The molecule has 92 valence electrons. The van der Waals surface area contributed by atoms with Crippen LogP contribution < -0.4 is 0 Å². The van der Waals surface area contributed by atoms with Crippen LogP contribution in [0.3, 0.4) is 0 Å². The third kappa shape index (κ3) is 1.42. The molecular weight excluding hydrogens is 200 g/mol. The van der Waals surface area contributed by atoms with Gasteiger partial charge in [0.2, 0.25) is 0 Å². The van der Waals surface area contributed by atoms with Gasteiger partial charge in [-0.05, 0) is 56.3 Å². The minimum atomic E-state index is -0.314. The van der Waals surface area contributed by atoms with Crippen molar-refractivity contribution in [2.45, 2.75) is 47.0 Å². The summed E-state index contributed by atoms with van der Waals surface area (Å²) in [5.41, 5.74) is 0.113. The van der Waals surface area contributed by atoms with Gasteiger partial charge in [-0.2, -0.15) is 0 Å². The van der Waals surface area contributed by atoms with Crippen molar-refractivity contribution in [1.29, 1.82) is 0 Å². The number of methoxy groups -OCH3 is 1. The van der Waals surface area contributed by atoms with Gasteiger partial charge >= 0.3 is 5.97 Å². The lowest BCUT2D eigenvalue weighted by Crippen LogP contribution is -2.38. The topological polar surface area (TPSA) is 26.3 Å². The maximum Gasteiger partial charge on any atom is 0.311 e. The Bertz CT molecular complexity index is 304. The van der Waals surface area contributed by atoms with Crippen molar-refractivity contribution in [2.24, 2.45) is 28.6 Å². The Morgan fingerprint density at radius 1 is 1.31 bits per heavy atom. The molecule has 0 spiro atoms. The molecular formula is C14H24O2. The Labute approximate surface area is 98.7 Å². The van der Waals surface area contributed by atoms with Crippen LogP contribution in [0.25, 0.3) is 0 Å². The number of rotatable bonds is 2. The molecule has 0 aromatic heterocycles. The lowest BCUT2D eigenvalue weighted by Gasteiger charge is -2.36. The highest BCUT2D eigenvalue weighted by atomic mass is 16.5. The number of ether oxygens (including phenoxy) is 1. The van der Waals surface area contributed by atoms with E-state index in [1.54, 1.807) is 0 Å². The highest BCUT2D eigenvalue weighted by Crippen LogP contribution is 2.64. The molecule has 3 atom stereocenters. The monoisotopic (exact) mass is 224 g/mol. The first-order chi connectivity index (χ1) is 7.31. The third-order valence-corrected chi connectivity index (χ3v) is 5.50. The van der Waals surface area contributed by atoms with Crippen LogP contribution in [-0.4, -0.2) is 13.1 Å². The summed E-state index contributed by atoms with van der Waals surface area (Å²) < 4.78 is 4.96. The fraction of sp³-hybridized carbons (Fsp3) is 0.929. The van der Waals surface area contributed by atoms with Gasteiger partial charge in [-0.25, -0.2) is 0 Å². The summed E-state index contributed by atoms with van der Waals surface area (Å²) in [7, 11) is 1.50. The normalized spacial score (nSPS) is 36.4. The molecule has 0 radical (unpaired) electrons. The summed E-state index contributed by atoms with van der Waals surface area (Å²) in [5, 5.41) is 0. The van der Waals surface area contributed by atoms with Gasteiger partial charge in [0.15, 0.2) is 0 Å². The fourth-order valence-corrected chi connectivity index (χ4v) is 4.25. The Balaban J connectivity index is 2.23.